The average molecular weight is 404 g/mol. The summed E-state index contributed by atoms with van der Waals surface area (Å²) in [6.07, 6.45) is 2.26. The summed E-state index contributed by atoms with van der Waals surface area (Å²) in [5.41, 5.74) is 0.348. The van der Waals surface area contributed by atoms with Crippen LogP contribution in [0.5, 0.6) is 11.5 Å². The molecule has 1 aliphatic heterocycles. The van der Waals surface area contributed by atoms with Crippen LogP contribution in [0.2, 0.25) is 0 Å². The summed E-state index contributed by atoms with van der Waals surface area (Å²) < 4.78 is 41.0. The fourth-order valence-electron chi connectivity index (χ4n) is 2.30. The standard InChI is InChI=1S/C15H18BrNO5S/c1-2-20-14-8-11(9-17)7-13(16)15(14)22-23(18,19)10-12-5-3-4-6-21-12/h7-8,12H,2-6,10H2,1H3. The second-order valence-corrected chi connectivity index (χ2v) is 7.60. The molecule has 1 heterocycles. The molecule has 0 radical (unpaired) electrons. The van der Waals surface area contributed by atoms with E-state index in [0.717, 1.165) is 12.8 Å². The zero-order chi connectivity index (χ0) is 16.9. The van der Waals surface area contributed by atoms with Crippen LogP contribution in [0.25, 0.3) is 0 Å². The van der Waals surface area contributed by atoms with E-state index < -0.39 is 10.1 Å². The summed E-state index contributed by atoms with van der Waals surface area (Å²) >= 11 is 3.23. The van der Waals surface area contributed by atoms with Crippen molar-refractivity contribution in [2.45, 2.75) is 32.3 Å². The van der Waals surface area contributed by atoms with Gasteiger partial charge in [-0.3, -0.25) is 0 Å². The lowest BCUT2D eigenvalue weighted by molar-refractivity contribution is 0.0298. The summed E-state index contributed by atoms with van der Waals surface area (Å²) in [7, 11) is -3.84. The topological polar surface area (TPSA) is 85.6 Å². The SMILES string of the molecule is CCOc1cc(C#N)cc(Br)c1OS(=O)(=O)CC1CCCCO1. The summed E-state index contributed by atoms with van der Waals surface area (Å²) in [5, 5.41) is 8.99. The lowest BCUT2D eigenvalue weighted by Crippen LogP contribution is -2.30. The third-order valence-electron chi connectivity index (χ3n) is 3.31. The molecule has 1 aromatic carbocycles. The predicted molar refractivity (Wildman–Crippen MR) is 88.0 cm³/mol. The minimum atomic E-state index is -3.84. The number of hydrogen-bond donors (Lipinski definition) is 0. The van der Waals surface area contributed by atoms with Crippen molar-refractivity contribution in [3.8, 4) is 17.6 Å². The van der Waals surface area contributed by atoms with Crippen molar-refractivity contribution >= 4 is 26.0 Å². The van der Waals surface area contributed by atoms with Gasteiger partial charge >= 0.3 is 10.1 Å². The molecule has 23 heavy (non-hydrogen) atoms. The van der Waals surface area contributed by atoms with Crippen LogP contribution in [0.3, 0.4) is 0 Å². The Balaban J connectivity index is 2.22. The van der Waals surface area contributed by atoms with Gasteiger partial charge < -0.3 is 13.7 Å². The third-order valence-corrected chi connectivity index (χ3v) is 5.10. The van der Waals surface area contributed by atoms with Gasteiger partial charge in [-0.2, -0.15) is 13.7 Å². The maximum absolute atomic E-state index is 12.3. The Morgan fingerprint density at radius 3 is 2.83 bits per heavy atom. The van der Waals surface area contributed by atoms with E-state index in [2.05, 4.69) is 15.9 Å². The summed E-state index contributed by atoms with van der Waals surface area (Å²) in [6.45, 7) is 2.66. The number of ether oxygens (including phenoxy) is 2. The molecule has 0 saturated carbocycles. The molecule has 126 valence electrons. The zero-order valence-corrected chi connectivity index (χ0v) is 15.2. The average Bonchev–Trinajstić information content (AvgIpc) is 2.51. The molecule has 2 rings (SSSR count). The van der Waals surface area contributed by atoms with E-state index in [0.29, 0.717) is 29.7 Å². The van der Waals surface area contributed by atoms with E-state index in [1.807, 2.05) is 6.07 Å². The minimum absolute atomic E-state index is 0.0571. The largest absolute Gasteiger partial charge is 0.490 e. The van der Waals surface area contributed by atoms with E-state index >= 15 is 0 Å². The highest BCUT2D eigenvalue weighted by Crippen LogP contribution is 2.38. The summed E-state index contributed by atoms with van der Waals surface area (Å²) in [6, 6.07) is 4.93. The maximum Gasteiger partial charge on any atom is 0.311 e. The van der Waals surface area contributed by atoms with E-state index in [4.69, 9.17) is 18.9 Å². The second kappa shape index (κ2) is 7.99. The van der Waals surface area contributed by atoms with Gasteiger partial charge in [0.05, 0.1) is 28.8 Å². The van der Waals surface area contributed by atoms with Crippen LogP contribution in [0.1, 0.15) is 31.7 Å². The van der Waals surface area contributed by atoms with Crippen molar-refractivity contribution in [2.75, 3.05) is 19.0 Å². The summed E-state index contributed by atoms with van der Waals surface area (Å²) in [4.78, 5) is 0. The molecule has 1 aliphatic rings. The maximum atomic E-state index is 12.3. The Labute approximate surface area is 144 Å². The van der Waals surface area contributed by atoms with Crippen LogP contribution in [-0.2, 0) is 14.9 Å². The number of halogens is 1. The second-order valence-electron chi connectivity index (χ2n) is 5.13. The van der Waals surface area contributed by atoms with Gasteiger partial charge in [0.2, 0.25) is 0 Å². The molecule has 1 unspecified atom stereocenters. The van der Waals surface area contributed by atoms with Crippen LogP contribution in [0, 0.1) is 11.3 Å². The van der Waals surface area contributed by atoms with Gasteiger partial charge in [0.1, 0.15) is 5.75 Å². The van der Waals surface area contributed by atoms with Gasteiger partial charge in [-0.15, -0.1) is 0 Å². The normalized spacial score (nSPS) is 18.2. The monoisotopic (exact) mass is 403 g/mol. The Hall–Kier alpha value is -1.30. The van der Waals surface area contributed by atoms with Crippen LogP contribution < -0.4 is 8.92 Å². The van der Waals surface area contributed by atoms with Gasteiger partial charge in [-0.05, 0) is 48.2 Å². The first kappa shape index (κ1) is 18.0. The summed E-state index contributed by atoms with van der Waals surface area (Å²) in [5.74, 6) is 0.0681. The molecular formula is C15H18BrNO5S. The van der Waals surface area contributed by atoms with E-state index in [1.165, 1.54) is 12.1 Å². The molecule has 1 atom stereocenters. The first-order chi connectivity index (χ1) is 10.9. The number of nitriles is 1. The molecule has 0 N–H and O–H groups in total. The van der Waals surface area contributed by atoms with E-state index in [1.54, 1.807) is 6.92 Å². The van der Waals surface area contributed by atoms with Crippen molar-refractivity contribution in [2.24, 2.45) is 0 Å². The molecule has 0 aliphatic carbocycles. The molecule has 1 aromatic rings. The van der Waals surface area contributed by atoms with Crippen molar-refractivity contribution in [1.82, 2.24) is 0 Å². The fraction of sp³-hybridized carbons (Fsp3) is 0.533. The number of benzene rings is 1. The van der Waals surface area contributed by atoms with Gasteiger partial charge in [-0.1, -0.05) is 0 Å². The molecule has 0 aromatic heterocycles. The molecule has 0 spiro atoms. The van der Waals surface area contributed by atoms with Gasteiger partial charge in [0.15, 0.2) is 11.5 Å². The third kappa shape index (κ3) is 5.09. The van der Waals surface area contributed by atoms with Crippen LogP contribution >= 0.6 is 15.9 Å². The van der Waals surface area contributed by atoms with Gasteiger partial charge in [0, 0.05) is 12.7 Å². The fourth-order valence-corrected chi connectivity index (χ4v) is 4.15. The number of hydrogen-bond acceptors (Lipinski definition) is 6. The highest BCUT2D eigenvalue weighted by Gasteiger charge is 2.26. The van der Waals surface area contributed by atoms with Crippen LogP contribution in [-0.4, -0.2) is 33.5 Å². The molecule has 0 bridgehead atoms. The van der Waals surface area contributed by atoms with Crippen LogP contribution in [0.4, 0.5) is 0 Å². The molecule has 0 amide bonds. The molecule has 1 saturated heterocycles. The van der Waals surface area contributed by atoms with E-state index in [9.17, 15) is 8.42 Å². The zero-order valence-electron chi connectivity index (χ0n) is 12.7. The highest BCUT2D eigenvalue weighted by atomic mass is 79.9. The van der Waals surface area contributed by atoms with E-state index in [-0.39, 0.29) is 23.4 Å². The molecule has 8 heteroatoms. The van der Waals surface area contributed by atoms with Crippen molar-refractivity contribution in [1.29, 1.82) is 5.26 Å². The van der Waals surface area contributed by atoms with Crippen molar-refractivity contribution in [3.05, 3.63) is 22.2 Å². The Morgan fingerprint density at radius 1 is 1.43 bits per heavy atom. The minimum Gasteiger partial charge on any atom is -0.490 e. The number of rotatable bonds is 6. The molecule has 6 nitrogen and oxygen atoms in total. The first-order valence-electron chi connectivity index (χ1n) is 7.35. The quantitative estimate of drug-likeness (QED) is 0.678. The predicted octanol–water partition coefficient (Wildman–Crippen LogP) is 3.00. The van der Waals surface area contributed by atoms with Crippen molar-refractivity contribution < 1.29 is 22.1 Å². The number of nitrogens with zero attached hydrogens (tertiary/aromatic N) is 1. The Bertz CT molecular complexity index is 693. The van der Waals surface area contributed by atoms with Crippen molar-refractivity contribution in [3.63, 3.8) is 0 Å². The van der Waals surface area contributed by atoms with Gasteiger partial charge in [0.25, 0.3) is 0 Å². The molecular weight excluding hydrogens is 386 g/mol. The lowest BCUT2D eigenvalue weighted by atomic mass is 10.1. The van der Waals surface area contributed by atoms with Gasteiger partial charge in [-0.25, -0.2) is 0 Å². The first-order valence-corrected chi connectivity index (χ1v) is 9.72. The lowest BCUT2D eigenvalue weighted by Gasteiger charge is -2.22. The molecule has 1 fully saturated rings. The smallest absolute Gasteiger partial charge is 0.311 e. The Kier molecular flexibility index (Phi) is 6.27. The van der Waals surface area contributed by atoms with Crippen LogP contribution in [0.15, 0.2) is 16.6 Å². The highest BCUT2D eigenvalue weighted by molar-refractivity contribution is 9.10. The Morgan fingerprint density at radius 2 is 2.22 bits per heavy atom.